The molecule has 0 amide bonds. The molecule has 0 rings (SSSR count). The van der Waals surface area contributed by atoms with Gasteiger partial charge in [-0.05, 0) is 38.5 Å². The van der Waals surface area contributed by atoms with Gasteiger partial charge >= 0.3 is 0 Å². The molecule has 0 heteroatoms. The number of allylic oxidation sites excluding steroid dienone is 2. The van der Waals surface area contributed by atoms with Crippen molar-refractivity contribution in [3.05, 3.63) is 18.6 Å². The van der Waals surface area contributed by atoms with Crippen molar-refractivity contribution < 1.29 is 0 Å². The molecule has 0 heterocycles. The predicted molar refractivity (Wildman–Crippen MR) is 70.8 cm³/mol. The first-order chi connectivity index (χ1) is 7.06. The lowest BCUT2D eigenvalue weighted by molar-refractivity contribution is 0.427. The lowest BCUT2D eigenvalue weighted by atomic mass is 9.94. The standard InChI is InChI=1S/C15H29/c1-6-14(4)10-8-12-15(5)11-7-9-13(2)3/h6,13,15H,1,7-12H2,2-5H3. The lowest BCUT2D eigenvalue weighted by Gasteiger charge is -2.12. The van der Waals surface area contributed by atoms with Crippen LogP contribution in [0.1, 0.15) is 66.2 Å². The number of hydrogen-bond donors (Lipinski definition) is 0. The van der Waals surface area contributed by atoms with Crippen molar-refractivity contribution in [3.8, 4) is 0 Å². The van der Waals surface area contributed by atoms with Crippen molar-refractivity contribution in [1.82, 2.24) is 0 Å². The first-order valence-corrected chi connectivity index (χ1v) is 6.51. The van der Waals surface area contributed by atoms with Crippen molar-refractivity contribution in [2.24, 2.45) is 11.8 Å². The van der Waals surface area contributed by atoms with E-state index in [9.17, 15) is 0 Å². The summed E-state index contributed by atoms with van der Waals surface area (Å²) in [7, 11) is 0. The fourth-order valence-electron chi connectivity index (χ4n) is 1.85. The van der Waals surface area contributed by atoms with Gasteiger partial charge < -0.3 is 0 Å². The fraction of sp³-hybridized carbons (Fsp3) is 0.800. The van der Waals surface area contributed by atoms with Crippen LogP contribution >= 0.6 is 0 Å². The zero-order valence-electron chi connectivity index (χ0n) is 11.2. The minimum Gasteiger partial charge on any atom is -0.0853 e. The Balaban J connectivity index is 3.37. The summed E-state index contributed by atoms with van der Waals surface area (Å²) in [6.07, 6.45) is 10.1. The Morgan fingerprint density at radius 2 is 1.67 bits per heavy atom. The Hall–Kier alpha value is -0.260. The molecule has 0 spiro atoms. The van der Waals surface area contributed by atoms with Gasteiger partial charge in [0.2, 0.25) is 0 Å². The minimum absolute atomic E-state index is 0.869. The molecule has 15 heavy (non-hydrogen) atoms. The highest BCUT2D eigenvalue weighted by atomic mass is 14.1. The van der Waals surface area contributed by atoms with Crippen molar-refractivity contribution in [2.75, 3.05) is 0 Å². The van der Waals surface area contributed by atoms with E-state index >= 15 is 0 Å². The van der Waals surface area contributed by atoms with Crippen LogP contribution in [0.2, 0.25) is 0 Å². The summed E-state index contributed by atoms with van der Waals surface area (Å²) in [6.45, 7) is 13.0. The molecule has 1 unspecified atom stereocenters. The summed E-state index contributed by atoms with van der Waals surface area (Å²) < 4.78 is 0. The molecule has 0 aliphatic carbocycles. The SMILES string of the molecule is [CH2]C=C(C)CCCC(C)CCCC(C)C. The summed E-state index contributed by atoms with van der Waals surface area (Å²) >= 11 is 0. The fourth-order valence-corrected chi connectivity index (χ4v) is 1.85. The second kappa shape index (κ2) is 9.00. The zero-order valence-corrected chi connectivity index (χ0v) is 11.2. The van der Waals surface area contributed by atoms with E-state index in [2.05, 4.69) is 34.6 Å². The summed E-state index contributed by atoms with van der Waals surface area (Å²) in [5, 5.41) is 0. The third-order valence-corrected chi connectivity index (χ3v) is 3.09. The van der Waals surface area contributed by atoms with Gasteiger partial charge in [0.1, 0.15) is 0 Å². The molecule has 0 aromatic heterocycles. The summed E-state index contributed by atoms with van der Waals surface area (Å²) in [4.78, 5) is 0. The molecule has 0 aliphatic heterocycles. The predicted octanol–water partition coefficient (Wildman–Crippen LogP) is 5.40. The highest BCUT2D eigenvalue weighted by Gasteiger charge is 2.03. The molecule has 1 atom stereocenters. The quantitative estimate of drug-likeness (QED) is 0.502. The van der Waals surface area contributed by atoms with Gasteiger partial charge in [-0.1, -0.05) is 58.1 Å². The van der Waals surface area contributed by atoms with Crippen LogP contribution in [0.3, 0.4) is 0 Å². The van der Waals surface area contributed by atoms with Crippen LogP contribution in [0, 0.1) is 18.8 Å². The van der Waals surface area contributed by atoms with Crippen LogP contribution in [0.4, 0.5) is 0 Å². The molecule has 89 valence electrons. The Morgan fingerprint density at radius 3 is 2.20 bits per heavy atom. The zero-order chi connectivity index (χ0) is 11.7. The highest BCUT2D eigenvalue weighted by molar-refractivity contribution is 4.99. The maximum absolute atomic E-state index is 3.79. The lowest BCUT2D eigenvalue weighted by Crippen LogP contribution is -1.97. The second-order valence-corrected chi connectivity index (χ2v) is 5.37. The normalized spacial score (nSPS) is 14.7. The molecular weight excluding hydrogens is 180 g/mol. The highest BCUT2D eigenvalue weighted by Crippen LogP contribution is 2.18. The van der Waals surface area contributed by atoms with Crippen LogP contribution in [-0.2, 0) is 0 Å². The Labute approximate surface area is 97.2 Å². The maximum atomic E-state index is 3.79. The van der Waals surface area contributed by atoms with E-state index in [0.717, 1.165) is 11.8 Å². The van der Waals surface area contributed by atoms with E-state index in [1.165, 1.54) is 44.1 Å². The van der Waals surface area contributed by atoms with Crippen LogP contribution in [-0.4, -0.2) is 0 Å². The largest absolute Gasteiger partial charge is 0.0853 e. The first-order valence-electron chi connectivity index (χ1n) is 6.51. The monoisotopic (exact) mass is 209 g/mol. The van der Waals surface area contributed by atoms with Gasteiger partial charge in [-0.2, -0.15) is 0 Å². The third kappa shape index (κ3) is 10.0. The summed E-state index contributed by atoms with van der Waals surface area (Å²) in [6, 6.07) is 0. The summed E-state index contributed by atoms with van der Waals surface area (Å²) in [5.74, 6) is 1.77. The Morgan fingerprint density at radius 1 is 1.07 bits per heavy atom. The second-order valence-electron chi connectivity index (χ2n) is 5.37. The molecule has 0 aromatic carbocycles. The van der Waals surface area contributed by atoms with E-state index in [1.807, 2.05) is 6.08 Å². The molecule has 0 aromatic rings. The molecule has 0 aliphatic rings. The van der Waals surface area contributed by atoms with Crippen molar-refractivity contribution >= 4 is 0 Å². The van der Waals surface area contributed by atoms with Crippen molar-refractivity contribution in [3.63, 3.8) is 0 Å². The molecule has 0 fully saturated rings. The maximum Gasteiger partial charge on any atom is -0.0313 e. The van der Waals surface area contributed by atoms with Crippen LogP contribution in [0.25, 0.3) is 0 Å². The van der Waals surface area contributed by atoms with Gasteiger partial charge in [-0.3, -0.25) is 0 Å². The van der Waals surface area contributed by atoms with Crippen molar-refractivity contribution in [2.45, 2.75) is 66.2 Å². The van der Waals surface area contributed by atoms with Gasteiger partial charge in [0.05, 0.1) is 0 Å². The molecular formula is C15H29. The van der Waals surface area contributed by atoms with E-state index < -0.39 is 0 Å². The number of hydrogen-bond acceptors (Lipinski definition) is 0. The number of rotatable bonds is 8. The van der Waals surface area contributed by atoms with E-state index in [4.69, 9.17) is 0 Å². The van der Waals surface area contributed by atoms with Gasteiger partial charge in [-0.15, -0.1) is 0 Å². The van der Waals surface area contributed by atoms with Gasteiger partial charge in [-0.25, -0.2) is 0 Å². The molecule has 0 saturated carbocycles. The molecule has 0 saturated heterocycles. The Bertz CT molecular complexity index is 165. The van der Waals surface area contributed by atoms with Crippen molar-refractivity contribution in [1.29, 1.82) is 0 Å². The Kier molecular flexibility index (Phi) is 8.85. The van der Waals surface area contributed by atoms with Crippen LogP contribution in [0.15, 0.2) is 11.6 Å². The molecule has 0 nitrogen and oxygen atoms in total. The topological polar surface area (TPSA) is 0 Å². The van der Waals surface area contributed by atoms with E-state index in [1.54, 1.807) is 0 Å². The minimum atomic E-state index is 0.869. The van der Waals surface area contributed by atoms with Gasteiger partial charge in [0, 0.05) is 0 Å². The first kappa shape index (κ1) is 14.7. The average Bonchev–Trinajstić information content (AvgIpc) is 2.17. The molecule has 0 N–H and O–H groups in total. The van der Waals surface area contributed by atoms with E-state index in [-0.39, 0.29) is 0 Å². The smallest absolute Gasteiger partial charge is 0.0313 e. The van der Waals surface area contributed by atoms with Crippen LogP contribution in [0.5, 0.6) is 0 Å². The molecule has 0 bridgehead atoms. The third-order valence-electron chi connectivity index (χ3n) is 3.09. The van der Waals surface area contributed by atoms with Gasteiger partial charge in [0.15, 0.2) is 0 Å². The molecule has 1 radical (unpaired) electrons. The summed E-state index contributed by atoms with van der Waals surface area (Å²) in [5.41, 5.74) is 1.43. The van der Waals surface area contributed by atoms with Gasteiger partial charge in [0.25, 0.3) is 0 Å². The average molecular weight is 209 g/mol. The van der Waals surface area contributed by atoms with Crippen LogP contribution < -0.4 is 0 Å². The van der Waals surface area contributed by atoms with E-state index in [0.29, 0.717) is 0 Å².